The van der Waals surface area contributed by atoms with Gasteiger partial charge in [-0.05, 0) is 45.6 Å². The highest BCUT2D eigenvalue weighted by Crippen LogP contribution is 2.27. The van der Waals surface area contributed by atoms with Crippen LogP contribution in [0.2, 0.25) is 0 Å². The van der Waals surface area contributed by atoms with Crippen LogP contribution in [0.1, 0.15) is 46.0 Å². The van der Waals surface area contributed by atoms with Crippen LogP contribution < -0.4 is 31.9 Å². The maximum Gasteiger partial charge on any atom is 0.317 e. The quantitative estimate of drug-likeness (QED) is 0.268. The van der Waals surface area contributed by atoms with Gasteiger partial charge in [-0.3, -0.25) is 15.4 Å². The molecule has 156 valence electrons. The lowest BCUT2D eigenvalue weighted by molar-refractivity contribution is -0.118. The summed E-state index contributed by atoms with van der Waals surface area (Å²) in [5, 5.41) is 18.6. The van der Waals surface area contributed by atoms with E-state index in [9.17, 15) is 9.59 Å². The minimum atomic E-state index is -0.322. The number of rotatable bonds is 7. The van der Waals surface area contributed by atoms with Crippen molar-refractivity contribution in [3.8, 4) is 0 Å². The molecule has 1 aliphatic carbocycles. The molecular weight excluding hydrogens is 391 g/mol. The normalized spacial score (nSPS) is 33.9. The van der Waals surface area contributed by atoms with Crippen LogP contribution >= 0.6 is 23.2 Å². The minimum absolute atomic E-state index is 0.0149. The van der Waals surface area contributed by atoms with Crippen molar-refractivity contribution in [2.45, 2.75) is 81.2 Å². The zero-order valence-electron chi connectivity index (χ0n) is 16.0. The first-order chi connectivity index (χ1) is 12.8. The van der Waals surface area contributed by atoms with E-state index in [2.05, 4.69) is 38.8 Å². The Hall–Kier alpha value is -0.800. The second-order valence-electron chi connectivity index (χ2n) is 7.41. The van der Waals surface area contributed by atoms with Crippen LogP contribution in [0.25, 0.3) is 0 Å². The topological polar surface area (TPSA) is 106 Å². The van der Waals surface area contributed by atoms with E-state index in [1.54, 1.807) is 0 Å². The van der Waals surface area contributed by atoms with E-state index in [0.717, 1.165) is 32.2 Å². The van der Waals surface area contributed by atoms with Crippen molar-refractivity contribution in [2.24, 2.45) is 0 Å². The van der Waals surface area contributed by atoms with Gasteiger partial charge in [-0.25, -0.2) is 4.79 Å². The molecule has 1 saturated heterocycles. The van der Waals surface area contributed by atoms with E-state index in [1.165, 1.54) is 6.92 Å². The minimum Gasteiger partial charge on any atom is -0.356 e. The third kappa shape index (κ3) is 8.39. The zero-order chi connectivity index (χ0) is 19.8. The lowest BCUT2D eigenvalue weighted by Gasteiger charge is -2.37. The zero-order valence-corrected chi connectivity index (χ0v) is 17.5. The molecule has 6 N–H and O–H groups in total. The van der Waals surface area contributed by atoms with Gasteiger partial charge in [-0.2, -0.15) is 0 Å². The maximum atomic E-state index is 12.3. The van der Waals surface area contributed by atoms with Crippen LogP contribution in [0.15, 0.2) is 0 Å². The van der Waals surface area contributed by atoms with E-state index in [4.69, 9.17) is 23.2 Å². The Morgan fingerprint density at radius 1 is 1.04 bits per heavy atom. The van der Waals surface area contributed by atoms with Crippen LogP contribution in [-0.2, 0) is 4.79 Å². The van der Waals surface area contributed by atoms with Gasteiger partial charge in [0.25, 0.3) is 0 Å². The van der Waals surface area contributed by atoms with Gasteiger partial charge in [0.05, 0.1) is 16.9 Å². The standard InChI is InChI=1S/C17H32Cl2N6O2/c1-10-8-15(21-7-3-6-20-11(2)26)24-16(22-10)25-17(27)23-12-4-5-13(18)14(19)9-12/h10,12-16,21-22,24H,3-9H2,1-2H3,(H,20,26)(H2,23,25,27). The number of urea groups is 1. The van der Waals surface area contributed by atoms with Gasteiger partial charge in [-0.1, -0.05) is 0 Å². The molecule has 27 heavy (non-hydrogen) atoms. The highest BCUT2D eigenvalue weighted by Gasteiger charge is 2.30. The molecule has 1 aliphatic heterocycles. The fourth-order valence-electron chi connectivity index (χ4n) is 3.45. The van der Waals surface area contributed by atoms with Crippen LogP contribution in [-0.4, -0.2) is 60.3 Å². The smallest absolute Gasteiger partial charge is 0.317 e. The van der Waals surface area contributed by atoms with Crippen LogP contribution in [0.4, 0.5) is 4.79 Å². The molecule has 0 aromatic heterocycles. The molecule has 0 aromatic rings. The summed E-state index contributed by atoms with van der Waals surface area (Å²) in [6, 6.07) is 0.0786. The molecule has 2 rings (SSSR count). The first-order valence-corrected chi connectivity index (χ1v) is 10.6. The average molecular weight is 423 g/mol. The first-order valence-electron chi connectivity index (χ1n) is 9.68. The molecule has 1 heterocycles. The number of carbonyl (C=O) groups excluding carboxylic acids is 2. The molecule has 3 amide bonds. The third-order valence-corrected chi connectivity index (χ3v) is 5.96. The van der Waals surface area contributed by atoms with Gasteiger partial charge in [-0.15, -0.1) is 23.2 Å². The average Bonchev–Trinajstić information content (AvgIpc) is 2.57. The Balaban J connectivity index is 1.68. The molecule has 0 spiro atoms. The van der Waals surface area contributed by atoms with Crippen LogP contribution in [0.3, 0.4) is 0 Å². The summed E-state index contributed by atoms with van der Waals surface area (Å²) in [7, 11) is 0. The van der Waals surface area contributed by atoms with Crippen LogP contribution in [0.5, 0.6) is 0 Å². The predicted molar refractivity (Wildman–Crippen MR) is 108 cm³/mol. The van der Waals surface area contributed by atoms with Crippen molar-refractivity contribution < 1.29 is 9.59 Å². The molecule has 6 atom stereocenters. The third-order valence-electron chi connectivity index (χ3n) is 4.83. The fraction of sp³-hybridized carbons (Fsp3) is 0.882. The molecule has 1 saturated carbocycles. The summed E-state index contributed by atoms with van der Waals surface area (Å²) in [6.45, 7) is 5.03. The molecule has 6 unspecified atom stereocenters. The highest BCUT2D eigenvalue weighted by atomic mass is 35.5. The summed E-state index contributed by atoms with van der Waals surface area (Å²) >= 11 is 12.3. The number of halogens is 2. The van der Waals surface area contributed by atoms with E-state index in [1.807, 2.05) is 0 Å². The summed E-state index contributed by atoms with van der Waals surface area (Å²) in [4.78, 5) is 23.2. The van der Waals surface area contributed by atoms with Gasteiger partial charge in [0.1, 0.15) is 6.29 Å². The first kappa shape index (κ1) is 22.5. The number of alkyl halides is 2. The summed E-state index contributed by atoms with van der Waals surface area (Å²) in [5.74, 6) is -0.0149. The predicted octanol–water partition coefficient (Wildman–Crippen LogP) is 0.750. The SMILES string of the molecule is CC(=O)NCCCNC1CC(C)NC(NC(=O)NC2CCC(Cl)C(Cl)C2)N1. The van der Waals surface area contributed by atoms with E-state index in [-0.39, 0.29) is 47.2 Å². The number of carbonyl (C=O) groups is 2. The van der Waals surface area contributed by atoms with Crippen molar-refractivity contribution in [1.82, 2.24) is 31.9 Å². The van der Waals surface area contributed by atoms with E-state index in [0.29, 0.717) is 13.0 Å². The number of hydrogen-bond acceptors (Lipinski definition) is 5. The van der Waals surface area contributed by atoms with Crippen molar-refractivity contribution in [1.29, 1.82) is 0 Å². The molecule has 2 fully saturated rings. The van der Waals surface area contributed by atoms with Crippen molar-refractivity contribution >= 4 is 35.1 Å². The second kappa shape index (κ2) is 11.3. The van der Waals surface area contributed by atoms with E-state index >= 15 is 0 Å². The molecule has 0 bridgehead atoms. The molecule has 2 aliphatic rings. The molecule has 0 aromatic carbocycles. The van der Waals surface area contributed by atoms with Gasteiger partial charge in [0.15, 0.2) is 0 Å². The van der Waals surface area contributed by atoms with Crippen molar-refractivity contribution in [2.75, 3.05) is 13.1 Å². The summed E-state index contributed by atoms with van der Waals surface area (Å²) < 4.78 is 0. The van der Waals surface area contributed by atoms with Crippen molar-refractivity contribution in [3.63, 3.8) is 0 Å². The fourth-order valence-corrected chi connectivity index (χ4v) is 4.02. The summed E-state index contributed by atoms with van der Waals surface area (Å²) in [5.41, 5.74) is 0. The van der Waals surface area contributed by atoms with Gasteiger partial charge < -0.3 is 21.3 Å². The largest absolute Gasteiger partial charge is 0.356 e. The van der Waals surface area contributed by atoms with Crippen molar-refractivity contribution in [3.05, 3.63) is 0 Å². The highest BCUT2D eigenvalue weighted by molar-refractivity contribution is 6.30. The maximum absolute atomic E-state index is 12.3. The van der Waals surface area contributed by atoms with E-state index < -0.39 is 0 Å². The Kier molecular flexibility index (Phi) is 9.38. The molecule has 10 heteroatoms. The summed E-state index contributed by atoms with van der Waals surface area (Å²) in [6.07, 6.45) is 3.84. The number of nitrogens with one attached hydrogen (secondary N) is 6. The Morgan fingerprint density at radius 3 is 2.52 bits per heavy atom. The molecule has 8 nitrogen and oxygen atoms in total. The Bertz CT molecular complexity index is 498. The molecular formula is C17H32Cl2N6O2. The Labute approximate surface area is 171 Å². The van der Waals surface area contributed by atoms with Gasteiger partial charge in [0.2, 0.25) is 5.91 Å². The molecule has 0 radical (unpaired) electrons. The van der Waals surface area contributed by atoms with Crippen LogP contribution in [0, 0.1) is 0 Å². The monoisotopic (exact) mass is 422 g/mol. The Morgan fingerprint density at radius 2 is 1.81 bits per heavy atom. The van der Waals surface area contributed by atoms with Gasteiger partial charge >= 0.3 is 6.03 Å². The van der Waals surface area contributed by atoms with Gasteiger partial charge in [0, 0.05) is 25.6 Å². The number of hydrogen-bond donors (Lipinski definition) is 6. The second-order valence-corrected chi connectivity index (χ2v) is 8.53. The lowest BCUT2D eigenvalue weighted by Crippen LogP contribution is -2.68. The lowest BCUT2D eigenvalue weighted by atomic mass is 9.95. The number of amides is 3.